The Kier molecular flexibility index (Phi) is 3.71. The summed E-state index contributed by atoms with van der Waals surface area (Å²) in [6.07, 6.45) is 2.12. The third-order valence-electron chi connectivity index (χ3n) is 3.80. The van der Waals surface area contributed by atoms with E-state index in [0.29, 0.717) is 6.54 Å². The van der Waals surface area contributed by atoms with Crippen LogP contribution in [0.15, 0.2) is 0 Å². The van der Waals surface area contributed by atoms with Gasteiger partial charge in [-0.2, -0.15) is 5.10 Å². The number of nitrogens with one attached hydrogen (secondary N) is 1. The van der Waals surface area contributed by atoms with Gasteiger partial charge in [0.2, 0.25) is 5.91 Å². The summed E-state index contributed by atoms with van der Waals surface area (Å²) in [5.74, 6) is 0.183. The third-order valence-corrected chi connectivity index (χ3v) is 3.80. The van der Waals surface area contributed by atoms with Crippen molar-refractivity contribution in [2.45, 2.75) is 32.7 Å². The molecule has 1 amide bonds. The van der Waals surface area contributed by atoms with Gasteiger partial charge in [-0.25, -0.2) is 0 Å². The first kappa shape index (κ1) is 13.1. The van der Waals surface area contributed by atoms with Gasteiger partial charge in [0.05, 0.1) is 18.3 Å². The molecule has 0 radical (unpaired) electrons. The molecule has 1 atom stereocenters. The Morgan fingerprint density at radius 3 is 2.78 bits per heavy atom. The van der Waals surface area contributed by atoms with Gasteiger partial charge in [0.25, 0.3) is 0 Å². The van der Waals surface area contributed by atoms with Gasteiger partial charge in [-0.1, -0.05) is 0 Å². The zero-order valence-corrected chi connectivity index (χ0v) is 11.7. The summed E-state index contributed by atoms with van der Waals surface area (Å²) in [5, 5.41) is 7.40. The maximum Gasteiger partial charge on any atom is 0.237 e. The molecule has 1 aromatic rings. The van der Waals surface area contributed by atoms with E-state index >= 15 is 0 Å². The first-order chi connectivity index (χ1) is 8.56. The van der Waals surface area contributed by atoms with E-state index in [0.717, 1.165) is 25.1 Å². The van der Waals surface area contributed by atoms with Crippen LogP contribution >= 0.6 is 0 Å². The zero-order valence-electron chi connectivity index (χ0n) is 11.7. The monoisotopic (exact) mass is 250 g/mol. The third kappa shape index (κ3) is 2.14. The minimum absolute atomic E-state index is 0.183. The van der Waals surface area contributed by atoms with Crippen molar-refractivity contribution in [1.82, 2.24) is 20.0 Å². The number of carbonyl (C=O) groups is 1. The number of rotatable bonds is 3. The lowest BCUT2D eigenvalue weighted by atomic mass is 10.0. The van der Waals surface area contributed by atoms with Crippen LogP contribution in [0.1, 0.15) is 35.8 Å². The van der Waals surface area contributed by atoms with E-state index in [1.165, 1.54) is 11.3 Å². The largest absolute Gasteiger partial charge is 0.334 e. The second-order valence-electron chi connectivity index (χ2n) is 4.98. The van der Waals surface area contributed by atoms with Gasteiger partial charge in [-0.3, -0.25) is 9.48 Å². The van der Waals surface area contributed by atoms with E-state index in [4.69, 9.17) is 0 Å². The molecular weight excluding hydrogens is 228 g/mol. The molecule has 18 heavy (non-hydrogen) atoms. The number of nitrogens with zero attached hydrogens (tertiary/aromatic N) is 3. The molecule has 1 aromatic heterocycles. The SMILES string of the molecule is CNCC(=O)N1CCCC1c1c(C)nn(C)c1C. The lowest BCUT2D eigenvalue weighted by molar-refractivity contribution is -0.131. The number of hydrogen-bond donors (Lipinski definition) is 1. The van der Waals surface area contributed by atoms with E-state index < -0.39 is 0 Å². The Morgan fingerprint density at radius 1 is 1.50 bits per heavy atom. The van der Waals surface area contributed by atoms with Crippen LogP contribution < -0.4 is 5.32 Å². The van der Waals surface area contributed by atoms with Gasteiger partial charge in [0.15, 0.2) is 0 Å². The van der Waals surface area contributed by atoms with Crippen LogP contribution in [0.4, 0.5) is 0 Å². The van der Waals surface area contributed by atoms with Crippen LogP contribution in [0.3, 0.4) is 0 Å². The summed E-state index contributed by atoms with van der Waals surface area (Å²) < 4.78 is 1.91. The molecule has 0 spiro atoms. The van der Waals surface area contributed by atoms with Gasteiger partial charge in [-0.05, 0) is 33.7 Å². The van der Waals surface area contributed by atoms with Gasteiger partial charge in [-0.15, -0.1) is 0 Å². The van der Waals surface area contributed by atoms with Crippen LogP contribution in [0.2, 0.25) is 0 Å². The minimum Gasteiger partial charge on any atom is -0.334 e. The normalized spacial score (nSPS) is 19.6. The number of aromatic nitrogens is 2. The molecule has 2 rings (SSSR count). The molecule has 1 N–H and O–H groups in total. The molecule has 5 heteroatoms. The molecule has 1 aliphatic heterocycles. The number of carbonyl (C=O) groups excluding carboxylic acids is 1. The molecule has 1 unspecified atom stereocenters. The number of likely N-dealkylation sites (N-methyl/N-ethyl adjacent to an activating group) is 1. The zero-order chi connectivity index (χ0) is 13.3. The fourth-order valence-corrected chi connectivity index (χ4v) is 2.89. The van der Waals surface area contributed by atoms with Crippen molar-refractivity contribution in [3.63, 3.8) is 0 Å². The first-order valence-corrected chi connectivity index (χ1v) is 6.50. The first-order valence-electron chi connectivity index (χ1n) is 6.50. The van der Waals surface area contributed by atoms with Crippen molar-refractivity contribution in [3.05, 3.63) is 17.0 Å². The highest BCUT2D eigenvalue weighted by atomic mass is 16.2. The molecule has 100 valence electrons. The molecule has 0 bridgehead atoms. The maximum atomic E-state index is 12.1. The number of aryl methyl sites for hydroxylation is 2. The standard InChI is InChI=1S/C13H22N4O/c1-9-13(10(2)16(4)15-9)11-6-5-7-17(11)12(18)8-14-3/h11,14H,5-8H2,1-4H3. The van der Waals surface area contributed by atoms with Crippen LogP contribution in [-0.2, 0) is 11.8 Å². The Bertz CT molecular complexity index is 452. The summed E-state index contributed by atoms with van der Waals surface area (Å²) in [6, 6.07) is 0.208. The molecule has 0 saturated carbocycles. The van der Waals surface area contributed by atoms with Crippen LogP contribution in [0.25, 0.3) is 0 Å². The Morgan fingerprint density at radius 2 is 2.22 bits per heavy atom. The molecule has 2 heterocycles. The van der Waals surface area contributed by atoms with E-state index in [9.17, 15) is 4.79 Å². The van der Waals surface area contributed by atoms with E-state index in [1.807, 2.05) is 30.6 Å². The predicted octanol–water partition coefficient (Wildman–Crippen LogP) is 0.920. The van der Waals surface area contributed by atoms with Crippen molar-refractivity contribution < 1.29 is 4.79 Å². The molecule has 5 nitrogen and oxygen atoms in total. The fraction of sp³-hybridized carbons (Fsp3) is 0.692. The van der Waals surface area contributed by atoms with Gasteiger partial charge < -0.3 is 10.2 Å². The van der Waals surface area contributed by atoms with Crippen molar-refractivity contribution in [2.24, 2.45) is 7.05 Å². The maximum absolute atomic E-state index is 12.1. The van der Waals surface area contributed by atoms with Crippen molar-refractivity contribution in [3.8, 4) is 0 Å². The lowest BCUT2D eigenvalue weighted by Crippen LogP contribution is -2.37. The highest BCUT2D eigenvalue weighted by Gasteiger charge is 2.32. The molecule has 0 aliphatic carbocycles. The quantitative estimate of drug-likeness (QED) is 0.868. The second-order valence-corrected chi connectivity index (χ2v) is 4.98. The Labute approximate surface area is 108 Å². The summed E-state index contributed by atoms with van der Waals surface area (Å²) in [5.41, 5.74) is 3.45. The molecule has 1 aliphatic rings. The van der Waals surface area contributed by atoms with E-state index in [1.54, 1.807) is 0 Å². The van der Waals surface area contributed by atoms with E-state index in [-0.39, 0.29) is 11.9 Å². The van der Waals surface area contributed by atoms with Crippen molar-refractivity contribution in [1.29, 1.82) is 0 Å². The highest BCUT2D eigenvalue weighted by molar-refractivity contribution is 5.79. The summed E-state index contributed by atoms with van der Waals surface area (Å²) in [7, 11) is 3.77. The smallest absolute Gasteiger partial charge is 0.237 e. The molecule has 0 aromatic carbocycles. The minimum atomic E-state index is 0.183. The molecule has 1 saturated heterocycles. The second kappa shape index (κ2) is 5.10. The Balaban J connectivity index is 2.29. The van der Waals surface area contributed by atoms with Crippen LogP contribution in [-0.4, -0.2) is 40.7 Å². The average molecular weight is 250 g/mol. The average Bonchev–Trinajstić information content (AvgIpc) is 2.86. The van der Waals surface area contributed by atoms with Crippen molar-refractivity contribution in [2.75, 3.05) is 20.1 Å². The summed E-state index contributed by atoms with van der Waals surface area (Å²) in [6.45, 7) is 5.38. The van der Waals surface area contributed by atoms with Crippen molar-refractivity contribution >= 4 is 5.91 Å². The molecule has 1 fully saturated rings. The predicted molar refractivity (Wildman–Crippen MR) is 70.3 cm³/mol. The van der Waals surface area contributed by atoms with Crippen LogP contribution in [0.5, 0.6) is 0 Å². The highest BCUT2D eigenvalue weighted by Crippen LogP contribution is 2.35. The fourth-order valence-electron chi connectivity index (χ4n) is 2.89. The topological polar surface area (TPSA) is 50.2 Å². The number of hydrogen-bond acceptors (Lipinski definition) is 3. The van der Waals surface area contributed by atoms with Gasteiger partial charge >= 0.3 is 0 Å². The van der Waals surface area contributed by atoms with Gasteiger partial charge in [0, 0.05) is 24.8 Å². The lowest BCUT2D eigenvalue weighted by Gasteiger charge is -2.25. The summed E-state index contributed by atoms with van der Waals surface area (Å²) in [4.78, 5) is 14.1. The van der Waals surface area contributed by atoms with E-state index in [2.05, 4.69) is 17.3 Å². The van der Waals surface area contributed by atoms with Gasteiger partial charge in [0.1, 0.15) is 0 Å². The summed E-state index contributed by atoms with van der Waals surface area (Å²) >= 11 is 0. The number of amides is 1. The molecular formula is C13H22N4O. The van der Waals surface area contributed by atoms with Crippen LogP contribution in [0, 0.1) is 13.8 Å². The number of likely N-dealkylation sites (tertiary alicyclic amines) is 1. The Hall–Kier alpha value is -1.36.